The Bertz CT molecular complexity index is 1430. The van der Waals surface area contributed by atoms with E-state index in [0.29, 0.717) is 4.68 Å². The van der Waals surface area contributed by atoms with E-state index in [2.05, 4.69) is 34.9 Å². The molecule has 7 nitrogen and oxygen atoms in total. The van der Waals surface area contributed by atoms with Crippen LogP contribution in [0.5, 0.6) is 0 Å². The van der Waals surface area contributed by atoms with Crippen molar-refractivity contribution in [3.8, 4) is 11.3 Å². The molecule has 0 aliphatic heterocycles. The van der Waals surface area contributed by atoms with Gasteiger partial charge in [-0.05, 0) is 65.9 Å². The van der Waals surface area contributed by atoms with Gasteiger partial charge >= 0.3 is 12.1 Å². The SMILES string of the molecule is CC(C)OC(=O)c1cc(-c2nn(C)c(C(F)(F)F)c2Br)c(F)cc1Cl.CCc1cccc(CC)c1N(COC)C(=O)CCl. The van der Waals surface area contributed by atoms with Gasteiger partial charge in [-0.25, -0.2) is 9.18 Å². The molecule has 1 aromatic heterocycles. The number of carbonyl (C=O) groups excluding carboxylic acids is 2. The van der Waals surface area contributed by atoms with Gasteiger partial charge in [-0.3, -0.25) is 14.4 Å². The van der Waals surface area contributed by atoms with Crippen molar-refractivity contribution in [3.63, 3.8) is 0 Å². The van der Waals surface area contributed by atoms with Crippen molar-refractivity contribution in [1.29, 1.82) is 0 Å². The smallest absolute Gasteiger partial charge is 0.434 e. The van der Waals surface area contributed by atoms with E-state index in [0.717, 1.165) is 48.8 Å². The van der Waals surface area contributed by atoms with Gasteiger partial charge in [0.25, 0.3) is 0 Å². The van der Waals surface area contributed by atoms with Gasteiger partial charge in [0.05, 0.1) is 26.9 Å². The molecule has 1 amide bonds. The van der Waals surface area contributed by atoms with Gasteiger partial charge in [-0.2, -0.15) is 18.3 Å². The lowest BCUT2D eigenvalue weighted by Crippen LogP contribution is -2.35. The fourth-order valence-corrected chi connectivity index (χ4v) is 5.31. The zero-order chi connectivity index (χ0) is 32.6. The zero-order valence-electron chi connectivity index (χ0n) is 24.4. The van der Waals surface area contributed by atoms with Crippen LogP contribution in [0.1, 0.15) is 54.9 Å². The Morgan fingerprint density at radius 2 is 1.72 bits per heavy atom. The van der Waals surface area contributed by atoms with E-state index >= 15 is 0 Å². The summed E-state index contributed by atoms with van der Waals surface area (Å²) in [5, 5.41) is 3.50. The molecule has 14 heteroatoms. The van der Waals surface area contributed by atoms with Crippen LogP contribution in [0.25, 0.3) is 11.3 Å². The number of hydrogen-bond acceptors (Lipinski definition) is 5. The average Bonchev–Trinajstić information content (AvgIpc) is 3.24. The van der Waals surface area contributed by atoms with E-state index in [1.54, 1.807) is 25.9 Å². The third-order valence-corrected chi connectivity index (χ3v) is 7.33. The standard InChI is InChI=1S/C15H12BrClF4N2O2.C14H20ClNO2/c1-6(2)25-14(24)7-4-8(10(18)5-9(7)17)12-11(16)13(15(19,20)21)23(3)22-12;1-4-11-7-6-8-12(5-2)14(11)16(10-18-3)13(17)9-15/h4-6H,1-3H3;6-8H,4-5,9-10H2,1-3H3. The maximum Gasteiger partial charge on any atom is 0.434 e. The second-order valence-electron chi connectivity index (χ2n) is 9.40. The second-order valence-corrected chi connectivity index (χ2v) is 10.9. The first-order chi connectivity index (χ1) is 20.1. The minimum absolute atomic E-state index is 0.0371. The van der Waals surface area contributed by atoms with Crippen LogP contribution in [0.15, 0.2) is 34.8 Å². The van der Waals surface area contributed by atoms with Gasteiger partial charge in [-0.1, -0.05) is 43.6 Å². The van der Waals surface area contributed by atoms with Crippen LogP contribution >= 0.6 is 39.1 Å². The van der Waals surface area contributed by atoms with E-state index < -0.39 is 34.2 Å². The van der Waals surface area contributed by atoms with Gasteiger partial charge in [0.15, 0.2) is 5.69 Å². The fraction of sp³-hybridized carbons (Fsp3) is 0.414. The number of carbonyl (C=O) groups is 2. The van der Waals surface area contributed by atoms with Crippen molar-refractivity contribution in [2.24, 2.45) is 7.05 Å². The third-order valence-electron chi connectivity index (χ3n) is 6.04. The molecule has 0 radical (unpaired) electrons. The van der Waals surface area contributed by atoms with Crippen LogP contribution < -0.4 is 4.90 Å². The van der Waals surface area contributed by atoms with Gasteiger partial charge in [-0.15, -0.1) is 11.6 Å². The Hall–Kier alpha value is -2.67. The zero-order valence-corrected chi connectivity index (χ0v) is 27.5. The molecule has 0 saturated heterocycles. The molecular formula is C29H32BrCl2F4N3O4. The topological polar surface area (TPSA) is 73.7 Å². The van der Waals surface area contributed by atoms with Crippen LogP contribution in [-0.4, -0.2) is 47.5 Å². The van der Waals surface area contributed by atoms with Crippen molar-refractivity contribution < 1.29 is 36.6 Å². The molecule has 0 bridgehead atoms. The maximum absolute atomic E-state index is 14.3. The van der Waals surface area contributed by atoms with Crippen molar-refractivity contribution in [2.45, 2.75) is 52.8 Å². The number of anilines is 1. The molecule has 0 saturated carbocycles. The molecule has 0 aliphatic rings. The minimum Gasteiger partial charge on any atom is -0.459 e. The highest BCUT2D eigenvalue weighted by atomic mass is 79.9. The Morgan fingerprint density at radius 3 is 2.16 bits per heavy atom. The summed E-state index contributed by atoms with van der Waals surface area (Å²) >= 11 is 14.3. The molecule has 2 aromatic carbocycles. The first-order valence-electron chi connectivity index (χ1n) is 13.1. The monoisotopic (exact) mass is 711 g/mol. The summed E-state index contributed by atoms with van der Waals surface area (Å²) in [5.41, 5.74) is 1.38. The maximum atomic E-state index is 14.3. The molecule has 236 valence electrons. The van der Waals surface area contributed by atoms with Crippen LogP contribution in [0.2, 0.25) is 5.02 Å². The van der Waals surface area contributed by atoms with Crippen LogP contribution in [0.4, 0.5) is 23.2 Å². The molecule has 0 unspecified atom stereocenters. The van der Waals surface area contributed by atoms with Crippen molar-refractivity contribution in [2.75, 3.05) is 24.6 Å². The number of para-hydroxylation sites is 1. The number of esters is 1. The lowest BCUT2D eigenvalue weighted by molar-refractivity contribution is -0.144. The third kappa shape index (κ3) is 8.93. The Balaban J connectivity index is 0.000000317. The first kappa shape index (κ1) is 36.5. The van der Waals surface area contributed by atoms with Crippen LogP contribution in [0, 0.1) is 5.82 Å². The summed E-state index contributed by atoms with van der Waals surface area (Å²) in [4.78, 5) is 25.6. The summed E-state index contributed by atoms with van der Waals surface area (Å²) in [6.07, 6.45) is -3.39. The van der Waals surface area contributed by atoms with E-state index in [1.807, 2.05) is 18.2 Å². The van der Waals surface area contributed by atoms with E-state index in [-0.39, 0.29) is 40.4 Å². The number of benzene rings is 2. The molecule has 3 aromatic rings. The Labute approximate surface area is 266 Å². The van der Waals surface area contributed by atoms with E-state index in [9.17, 15) is 27.2 Å². The van der Waals surface area contributed by atoms with Gasteiger partial charge < -0.3 is 9.47 Å². The predicted molar refractivity (Wildman–Crippen MR) is 162 cm³/mol. The van der Waals surface area contributed by atoms with Crippen molar-refractivity contribution >= 4 is 56.7 Å². The van der Waals surface area contributed by atoms with E-state index in [1.165, 1.54) is 0 Å². The van der Waals surface area contributed by atoms with Gasteiger partial charge in [0.2, 0.25) is 5.91 Å². The molecule has 0 spiro atoms. The highest BCUT2D eigenvalue weighted by Gasteiger charge is 2.39. The Morgan fingerprint density at radius 1 is 1.14 bits per heavy atom. The molecule has 1 heterocycles. The molecule has 0 fully saturated rings. The number of alkyl halides is 4. The number of ether oxygens (including phenoxy) is 2. The fourth-order valence-electron chi connectivity index (χ4n) is 4.17. The quantitative estimate of drug-likeness (QED) is 0.0968. The number of aromatic nitrogens is 2. The number of aryl methyl sites for hydroxylation is 3. The number of rotatable bonds is 9. The van der Waals surface area contributed by atoms with Gasteiger partial charge in [0, 0.05) is 19.7 Å². The predicted octanol–water partition coefficient (Wildman–Crippen LogP) is 8.21. The summed E-state index contributed by atoms with van der Waals surface area (Å²) in [5.74, 6) is -1.90. The molecular weight excluding hydrogens is 681 g/mol. The summed E-state index contributed by atoms with van der Waals surface area (Å²) in [6, 6.07) is 7.96. The summed E-state index contributed by atoms with van der Waals surface area (Å²) < 4.78 is 63.8. The molecule has 0 aliphatic carbocycles. The number of halogens is 7. The number of nitrogens with zero attached hydrogens (tertiary/aromatic N) is 3. The lowest BCUT2D eigenvalue weighted by atomic mass is 10.0. The largest absolute Gasteiger partial charge is 0.459 e. The lowest BCUT2D eigenvalue weighted by Gasteiger charge is -2.26. The minimum atomic E-state index is -4.69. The molecule has 0 atom stereocenters. The first-order valence-corrected chi connectivity index (χ1v) is 14.8. The second kappa shape index (κ2) is 15.9. The number of hydrogen-bond donors (Lipinski definition) is 0. The van der Waals surface area contributed by atoms with Crippen LogP contribution in [0.3, 0.4) is 0 Å². The molecule has 0 N–H and O–H groups in total. The average molecular weight is 713 g/mol. The normalized spacial score (nSPS) is 11.3. The number of methoxy groups -OCH3 is 1. The van der Waals surface area contributed by atoms with Crippen molar-refractivity contribution in [1.82, 2.24) is 9.78 Å². The van der Waals surface area contributed by atoms with Gasteiger partial charge in [0.1, 0.15) is 24.1 Å². The Kier molecular flexibility index (Phi) is 13.5. The highest BCUT2D eigenvalue weighted by molar-refractivity contribution is 9.10. The van der Waals surface area contributed by atoms with E-state index in [4.69, 9.17) is 32.7 Å². The highest BCUT2D eigenvalue weighted by Crippen LogP contribution is 2.41. The molecule has 43 heavy (non-hydrogen) atoms. The molecule has 3 rings (SSSR count). The van der Waals surface area contributed by atoms with Crippen molar-refractivity contribution in [3.05, 3.63) is 68.0 Å². The number of amides is 1. The van der Waals surface area contributed by atoms with Crippen LogP contribution in [-0.2, 0) is 40.3 Å². The summed E-state index contributed by atoms with van der Waals surface area (Å²) in [7, 11) is 2.66. The summed E-state index contributed by atoms with van der Waals surface area (Å²) in [6.45, 7) is 7.61.